The van der Waals surface area contributed by atoms with Crippen LogP contribution in [0.2, 0.25) is 10.0 Å². The molecule has 0 aliphatic heterocycles. The van der Waals surface area contributed by atoms with Crippen molar-refractivity contribution in [2.75, 3.05) is 5.75 Å². The quantitative estimate of drug-likeness (QED) is 0.456. The Hall–Kier alpha value is -2.55. The van der Waals surface area contributed by atoms with Gasteiger partial charge < -0.3 is 9.88 Å². The van der Waals surface area contributed by atoms with Crippen molar-refractivity contribution < 1.29 is 4.79 Å². The summed E-state index contributed by atoms with van der Waals surface area (Å²) < 4.78 is 3.57. The third-order valence-corrected chi connectivity index (χ3v) is 5.71. The summed E-state index contributed by atoms with van der Waals surface area (Å²) in [4.78, 5) is 17.1. The van der Waals surface area contributed by atoms with Crippen molar-refractivity contribution >= 4 is 46.5 Å². The van der Waals surface area contributed by atoms with Gasteiger partial charge in [-0.05, 0) is 11.6 Å². The van der Waals surface area contributed by atoms with E-state index in [1.54, 1.807) is 22.9 Å². The van der Waals surface area contributed by atoms with Crippen LogP contribution in [0.3, 0.4) is 0 Å². The maximum Gasteiger partial charge on any atom is 0.231 e. The lowest BCUT2D eigenvalue weighted by Crippen LogP contribution is -2.32. The first-order chi connectivity index (χ1) is 14.0. The Morgan fingerprint density at radius 3 is 2.76 bits per heavy atom. The van der Waals surface area contributed by atoms with E-state index in [0.717, 1.165) is 11.4 Å². The van der Waals surface area contributed by atoms with E-state index in [2.05, 4.69) is 20.5 Å². The lowest BCUT2D eigenvalue weighted by Gasteiger charge is -2.19. The summed E-state index contributed by atoms with van der Waals surface area (Å²) >= 11 is 13.5. The average Bonchev–Trinajstić information content (AvgIpc) is 3.31. The Labute approximate surface area is 181 Å². The number of hydrogen-bond donors (Lipinski definition) is 1. The molecule has 1 atom stereocenters. The monoisotopic (exact) mass is 446 g/mol. The predicted molar refractivity (Wildman–Crippen MR) is 113 cm³/mol. The molecule has 0 saturated heterocycles. The van der Waals surface area contributed by atoms with Crippen LogP contribution in [0, 0.1) is 0 Å². The summed E-state index contributed by atoms with van der Waals surface area (Å²) in [5, 5.41) is 12.6. The maximum absolute atomic E-state index is 12.7. The first-order valence-electron chi connectivity index (χ1n) is 8.67. The van der Waals surface area contributed by atoms with Crippen LogP contribution in [0.1, 0.15) is 17.4 Å². The number of rotatable bonds is 6. The van der Waals surface area contributed by atoms with E-state index >= 15 is 0 Å². The van der Waals surface area contributed by atoms with E-state index in [-0.39, 0.29) is 17.7 Å². The molecule has 3 aromatic heterocycles. The molecule has 29 heavy (non-hydrogen) atoms. The maximum atomic E-state index is 12.7. The smallest absolute Gasteiger partial charge is 0.231 e. The first-order valence-corrected chi connectivity index (χ1v) is 10.4. The average molecular weight is 447 g/mol. The number of nitrogens with one attached hydrogen (secondary N) is 1. The molecule has 0 bridgehead atoms. The van der Waals surface area contributed by atoms with Gasteiger partial charge >= 0.3 is 0 Å². The number of thioether (sulfide) groups is 1. The number of pyridine rings is 1. The molecular weight excluding hydrogens is 431 g/mol. The number of carbonyl (C=O) groups excluding carboxylic acids is 1. The minimum absolute atomic E-state index is 0.151. The van der Waals surface area contributed by atoms with Gasteiger partial charge in [0.25, 0.3) is 0 Å². The lowest BCUT2D eigenvalue weighted by molar-refractivity contribution is -0.119. The highest BCUT2D eigenvalue weighted by Gasteiger charge is 2.21. The third-order valence-electron chi connectivity index (χ3n) is 4.28. The van der Waals surface area contributed by atoms with Crippen LogP contribution >= 0.6 is 35.0 Å². The number of carbonyl (C=O) groups is 1. The van der Waals surface area contributed by atoms with E-state index < -0.39 is 0 Å². The number of benzene rings is 1. The molecule has 0 saturated carbocycles. The molecule has 10 heteroatoms. The largest absolute Gasteiger partial charge is 0.341 e. The molecule has 1 aromatic carbocycles. The summed E-state index contributed by atoms with van der Waals surface area (Å²) in [7, 11) is 1.90. The van der Waals surface area contributed by atoms with E-state index in [0.29, 0.717) is 20.8 Å². The zero-order valence-corrected chi connectivity index (χ0v) is 17.6. The van der Waals surface area contributed by atoms with Crippen LogP contribution in [-0.4, -0.2) is 35.8 Å². The van der Waals surface area contributed by atoms with E-state index in [1.807, 2.05) is 48.1 Å². The molecule has 148 valence electrons. The van der Waals surface area contributed by atoms with Crippen LogP contribution in [0.15, 0.2) is 60.1 Å². The molecule has 7 nitrogen and oxygen atoms in total. The van der Waals surface area contributed by atoms with Crippen molar-refractivity contribution in [3.05, 3.63) is 76.4 Å². The third kappa shape index (κ3) is 4.24. The topological polar surface area (TPSA) is 77.1 Å². The Morgan fingerprint density at radius 2 is 2.03 bits per heavy atom. The van der Waals surface area contributed by atoms with E-state index in [1.165, 1.54) is 11.8 Å². The van der Waals surface area contributed by atoms with Crippen molar-refractivity contribution in [2.24, 2.45) is 7.05 Å². The van der Waals surface area contributed by atoms with Crippen LogP contribution in [0.5, 0.6) is 0 Å². The Balaban J connectivity index is 1.51. The number of fused-ring (bicyclic) bond motifs is 1. The second kappa shape index (κ2) is 8.44. The van der Waals surface area contributed by atoms with E-state index in [9.17, 15) is 4.79 Å². The Morgan fingerprint density at radius 1 is 1.24 bits per heavy atom. The van der Waals surface area contributed by atoms with Crippen LogP contribution < -0.4 is 5.32 Å². The van der Waals surface area contributed by atoms with Crippen LogP contribution in [0.4, 0.5) is 0 Å². The summed E-state index contributed by atoms with van der Waals surface area (Å²) in [6.07, 6.45) is 5.23. The van der Waals surface area contributed by atoms with Gasteiger partial charge in [-0.3, -0.25) is 9.20 Å². The van der Waals surface area contributed by atoms with Gasteiger partial charge in [0.2, 0.25) is 5.91 Å². The highest BCUT2D eigenvalue weighted by Crippen LogP contribution is 2.26. The van der Waals surface area contributed by atoms with Gasteiger partial charge in [0, 0.05) is 25.6 Å². The van der Waals surface area contributed by atoms with Gasteiger partial charge in [0.05, 0.1) is 15.8 Å². The zero-order chi connectivity index (χ0) is 20.4. The SMILES string of the molecule is Cn1ccnc1C(NC(=O)CSc1nnc2c(Cl)cc(Cl)cn12)c1ccccc1. The zero-order valence-electron chi connectivity index (χ0n) is 15.3. The minimum atomic E-state index is -0.358. The fourth-order valence-electron chi connectivity index (χ4n) is 2.93. The van der Waals surface area contributed by atoms with Crippen molar-refractivity contribution in [3.63, 3.8) is 0 Å². The molecule has 0 radical (unpaired) electrons. The number of hydrogen-bond acceptors (Lipinski definition) is 5. The van der Waals surface area contributed by atoms with Gasteiger partial charge in [-0.15, -0.1) is 10.2 Å². The second-order valence-corrected chi connectivity index (χ2v) is 8.06. The highest BCUT2D eigenvalue weighted by molar-refractivity contribution is 7.99. The van der Waals surface area contributed by atoms with Crippen LogP contribution in [0.25, 0.3) is 5.65 Å². The van der Waals surface area contributed by atoms with Gasteiger partial charge in [-0.1, -0.05) is 65.3 Å². The Kier molecular flexibility index (Phi) is 5.75. The minimum Gasteiger partial charge on any atom is -0.341 e. The number of nitrogens with zero attached hydrogens (tertiary/aromatic N) is 5. The summed E-state index contributed by atoms with van der Waals surface area (Å²) in [6, 6.07) is 11.0. The fourth-order valence-corrected chi connectivity index (χ4v) is 4.16. The molecule has 0 fully saturated rings. The molecule has 1 unspecified atom stereocenters. The standard InChI is InChI=1S/C19H16Cl2N6OS/c1-26-8-7-22-18(26)16(12-5-3-2-4-6-12)23-15(28)11-29-19-25-24-17-14(21)9-13(20)10-27(17)19/h2-10,16H,11H2,1H3,(H,23,28). The Bertz CT molecular complexity index is 1160. The van der Waals surface area contributed by atoms with E-state index in [4.69, 9.17) is 23.2 Å². The molecule has 4 aromatic rings. The summed E-state index contributed by atoms with van der Waals surface area (Å²) in [5.74, 6) is 0.747. The molecule has 0 aliphatic carbocycles. The van der Waals surface area contributed by atoms with Crippen molar-refractivity contribution in [3.8, 4) is 0 Å². The van der Waals surface area contributed by atoms with Gasteiger partial charge in [0.1, 0.15) is 11.9 Å². The molecular formula is C19H16Cl2N6OS. The number of aryl methyl sites for hydroxylation is 1. The summed E-state index contributed by atoms with van der Waals surface area (Å²) in [5.41, 5.74) is 1.45. The van der Waals surface area contributed by atoms with Gasteiger partial charge in [0.15, 0.2) is 10.8 Å². The van der Waals surface area contributed by atoms with Gasteiger partial charge in [-0.2, -0.15) is 0 Å². The fraction of sp³-hybridized carbons (Fsp3) is 0.158. The normalized spacial score (nSPS) is 12.2. The highest BCUT2D eigenvalue weighted by atomic mass is 35.5. The van der Waals surface area contributed by atoms with Crippen molar-refractivity contribution in [1.82, 2.24) is 29.5 Å². The molecule has 1 N–H and O–H groups in total. The molecule has 3 heterocycles. The first kappa shape index (κ1) is 19.8. The molecule has 0 aliphatic rings. The molecule has 4 rings (SSSR count). The number of imidazole rings is 1. The van der Waals surface area contributed by atoms with Crippen molar-refractivity contribution in [1.29, 1.82) is 0 Å². The lowest BCUT2D eigenvalue weighted by atomic mass is 10.1. The number of amides is 1. The second-order valence-electron chi connectivity index (χ2n) is 6.28. The number of halogens is 2. The van der Waals surface area contributed by atoms with Crippen molar-refractivity contribution in [2.45, 2.75) is 11.2 Å². The predicted octanol–water partition coefficient (Wildman–Crippen LogP) is 3.77. The molecule has 0 spiro atoms. The number of aromatic nitrogens is 5. The van der Waals surface area contributed by atoms with Gasteiger partial charge in [-0.25, -0.2) is 4.98 Å². The molecule has 1 amide bonds. The van der Waals surface area contributed by atoms with Crippen LogP contribution in [-0.2, 0) is 11.8 Å². The summed E-state index contributed by atoms with van der Waals surface area (Å²) in [6.45, 7) is 0.